The Labute approximate surface area is 86.1 Å². The average molecular weight is 204 g/mol. The number of nitriles is 1. The van der Waals surface area contributed by atoms with E-state index in [4.69, 9.17) is 5.26 Å². The molecule has 0 aliphatic heterocycles. The zero-order valence-corrected chi connectivity index (χ0v) is 8.06. The zero-order valence-electron chi connectivity index (χ0n) is 8.06. The maximum atomic E-state index is 11.3. The second-order valence-corrected chi connectivity index (χ2v) is 3.02. The van der Waals surface area contributed by atoms with Crippen LogP contribution >= 0.6 is 0 Å². The van der Waals surface area contributed by atoms with E-state index in [-0.39, 0.29) is 17.7 Å². The molecule has 0 aromatic heterocycles. The van der Waals surface area contributed by atoms with Gasteiger partial charge in [0.25, 0.3) is 5.69 Å². The highest BCUT2D eigenvalue weighted by Crippen LogP contribution is 2.19. The molecule has 0 unspecified atom stereocenters. The SMILES string of the molecule is Cc1ccc(C(=O)CC#N)cc1[N+](=O)[O-]. The van der Waals surface area contributed by atoms with Crippen LogP contribution < -0.4 is 0 Å². The van der Waals surface area contributed by atoms with Crippen LogP contribution in [0.25, 0.3) is 0 Å². The summed E-state index contributed by atoms with van der Waals surface area (Å²) < 4.78 is 0. The number of hydrogen-bond donors (Lipinski definition) is 0. The number of ketones is 1. The molecule has 5 nitrogen and oxygen atoms in total. The average Bonchev–Trinajstić information content (AvgIpc) is 2.18. The van der Waals surface area contributed by atoms with Crippen molar-refractivity contribution < 1.29 is 9.72 Å². The van der Waals surface area contributed by atoms with Gasteiger partial charge in [-0.05, 0) is 6.92 Å². The second kappa shape index (κ2) is 4.33. The lowest BCUT2D eigenvalue weighted by molar-refractivity contribution is -0.385. The number of nitrogens with zero attached hydrogens (tertiary/aromatic N) is 2. The standard InChI is InChI=1S/C10H8N2O3/c1-7-2-3-8(10(13)4-5-11)6-9(7)12(14)15/h2-3,6H,4H2,1H3. The molecule has 1 rings (SSSR count). The Bertz CT molecular complexity index is 460. The first-order chi connectivity index (χ1) is 7.06. The summed E-state index contributed by atoms with van der Waals surface area (Å²) in [6, 6.07) is 5.90. The van der Waals surface area contributed by atoms with E-state index in [2.05, 4.69) is 0 Å². The summed E-state index contributed by atoms with van der Waals surface area (Å²) in [7, 11) is 0. The normalized spacial score (nSPS) is 9.33. The van der Waals surface area contributed by atoms with Crippen molar-refractivity contribution in [1.82, 2.24) is 0 Å². The summed E-state index contributed by atoms with van der Waals surface area (Å²) >= 11 is 0. The molecule has 15 heavy (non-hydrogen) atoms. The minimum absolute atomic E-state index is 0.0983. The quantitative estimate of drug-likeness (QED) is 0.428. The van der Waals surface area contributed by atoms with Crippen LogP contribution in [-0.4, -0.2) is 10.7 Å². The first-order valence-corrected chi connectivity index (χ1v) is 4.21. The van der Waals surface area contributed by atoms with E-state index in [9.17, 15) is 14.9 Å². The number of carbonyl (C=O) groups is 1. The molecule has 0 fully saturated rings. The highest BCUT2D eigenvalue weighted by Gasteiger charge is 2.14. The molecular weight excluding hydrogens is 196 g/mol. The van der Waals surface area contributed by atoms with Gasteiger partial charge in [-0.15, -0.1) is 0 Å². The van der Waals surface area contributed by atoms with Gasteiger partial charge in [0.1, 0.15) is 0 Å². The minimum atomic E-state index is -0.543. The lowest BCUT2D eigenvalue weighted by atomic mass is 10.1. The highest BCUT2D eigenvalue weighted by atomic mass is 16.6. The van der Waals surface area contributed by atoms with E-state index >= 15 is 0 Å². The second-order valence-electron chi connectivity index (χ2n) is 3.02. The molecule has 0 atom stereocenters. The van der Waals surface area contributed by atoms with Gasteiger partial charge in [-0.1, -0.05) is 12.1 Å². The van der Waals surface area contributed by atoms with Crippen LogP contribution in [-0.2, 0) is 0 Å². The largest absolute Gasteiger partial charge is 0.293 e. The zero-order chi connectivity index (χ0) is 11.4. The van der Waals surface area contributed by atoms with E-state index in [0.29, 0.717) is 5.56 Å². The van der Waals surface area contributed by atoms with Gasteiger partial charge in [0.05, 0.1) is 17.4 Å². The smallest absolute Gasteiger partial charge is 0.273 e. The lowest BCUT2D eigenvalue weighted by Gasteiger charge is -1.99. The summed E-state index contributed by atoms with van der Waals surface area (Å²) in [5.41, 5.74) is 0.598. The summed E-state index contributed by atoms with van der Waals surface area (Å²) in [5.74, 6) is -0.402. The third-order valence-corrected chi connectivity index (χ3v) is 1.97. The predicted octanol–water partition coefficient (Wildman–Crippen LogP) is 2.00. The fraction of sp³-hybridized carbons (Fsp3) is 0.200. The number of nitro benzene ring substituents is 1. The topological polar surface area (TPSA) is 84.0 Å². The van der Waals surface area contributed by atoms with Gasteiger partial charge in [-0.25, -0.2) is 0 Å². The van der Waals surface area contributed by atoms with Crippen molar-refractivity contribution in [1.29, 1.82) is 5.26 Å². The number of rotatable bonds is 3. The molecular formula is C10H8N2O3. The molecule has 0 heterocycles. The number of benzene rings is 1. The van der Waals surface area contributed by atoms with Crippen LogP contribution in [0.5, 0.6) is 0 Å². The van der Waals surface area contributed by atoms with Crippen LogP contribution in [0, 0.1) is 28.4 Å². The van der Waals surface area contributed by atoms with E-state index in [1.54, 1.807) is 13.0 Å². The summed E-state index contributed by atoms with van der Waals surface area (Å²) in [6.07, 6.45) is -0.264. The lowest BCUT2D eigenvalue weighted by Crippen LogP contribution is -2.00. The van der Waals surface area contributed by atoms with Crippen LogP contribution in [0.2, 0.25) is 0 Å². The number of hydrogen-bond acceptors (Lipinski definition) is 4. The van der Waals surface area contributed by atoms with Crippen molar-refractivity contribution in [3.05, 3.63) is 39.4 Å². The number of aryl methyl sites for hydroxylation is 1. The molecule has 0 aliphatic carbocycles. The fourth-order valence-electron chi connectivity index (χ4n) is 1.15. The first kappa shape index (κ1) is 10.9. The number of nitro groups is 1. The van der Waals surface area contributed by atoms with Gasteiger partial charge >= 0.3 is 0 Å². The fourth-order valence-corrected chi connectivity index (χ4v) is 1.15. The maximum Gasteiger partial charge on any atom is 0.273 e. The molecule has 0 bridgehead atoms. The van der Waals surface area contributed by atoms with Crippen LogP contribution in [0.3, 0.4) is 0 Å². The third kappa shape index (κ3) is 2.38. The molecule has 1 aromatic rings. The molecule has 0 radical (unpaired) electrons. The van der Waals surface area contributed by atoms with Crippen molar-refractivity contribution in [2.45, 2.75) is 13.3 Å². The van der Waals surface area contributed by atoms with Crippen LogP contribution in [0.4, 0.5) is 5.69 Å². The van der Waals surface area contributed by atoms with Crippen molar-refractivity contribution in [2.75, 3.05) is 0 Å². The molecule has 0 amide bonds. The monoisotopic (exact) mass is 204 g/mol. The molecule has 0 saturated heterocycles. The molecule has 0 saturated carbocycles. The molecule has 5 heteroatoms. The van der Waals surface area contributed by atoms with Gasteiger partial charge < -0.3 is 0 Å². The van der Waals surface area contributed by atoms with Crippen molar-refractivity contribution >= 4 is 11.5 Å². The Morgan fingerprint density at radius 2 is 2.27 bits per heavy atom. The molecule has 1 aromatic carbocycles. The number of carbonyl (C=O) groups excluding carboxylic acids is 1. The van der Waals surface area contributed by atoms with Gasteiger partial charge in [-0.2, -0.15) is 5.26 Å². The van der Waals surface area contributed by atoms with E-state index in [1.165, 1.54) is 18.2 Å². The summed E-state index contributed by atoms with van der Waals surface area (Å²) in [5, 5.41) is 18.9. The van der Waals surface area contributed by atoms with Crippen LogP contribution in [0.1, 0.15) is 22.3 Å². The highest BCUT2D eigenvalue weighted by molar-refractivity contribution is 5.98. The van der Waals surface area contributed by atoms with Crippen molar-refractivity contribution in [2.24, 2.45) is 0 Å². The Hall–Kier alpha value is -2.22. The maximum absolute atomic E-state index is 11.3. The van der Waals surface area contributed by atoms with Crippen molar-refractivity contribution in [3.63, 3.8) is 0 Å². The molecule has 0 aliphatic rings. The Kier molecular flexibility index (Phi) is 3.13. The van der Waals surface area contributed by atoms with E-state index < -0.39 is 10.7 Å². The van der Waals surface area contributed by atoms with Crippen molar-refractivity contribution in [3.8, 4) is 6.07 Å². The van der Waals surface area contributed by atoms with E-state index in [1.807, 2.05) is 0 Å². The van der Waals surface area contributed by atoms with Gasteiger partial charge in [-0.3, -0.25) is 14.9 Å². The third-order valence-electron chi connectivity index (χ3n) is 1.97. The Balaban J connectivity index is 3.14. The Morgan fingerprint density at radius 1 is 1.60 bits per heavy atom. The minimum Gasteiger partial charge on any atom is -0.293 e. The predicted molar refractivity (Wildman–Crippen MR) is 52.4 cm³/mol. The van der Waals surface area contributed by atoms with Gasteiger partial charge in [0.15, 0.2) is 5.78 Å². The van der Waals surface area contributed by atoms with Gasteiger partial charge in [0, 0.05) is 17.2 Å². The summed E-state index contributed by atoms with van der Waals surface area (Å²) in [4.78, 5) is 21.3. The van der Waals surface area contributed by atoms with Crippen LogP contribution in [0.15, 0.2) is 18.2 Å². The van der Waals surface area contributed by atoms with E-state index in [0.717, 1.165) is 0 Å². The summed E-state index contributed by atoms with van der Waals surface area (Å²) in [6.45, 7) is 1.59. The van der Waals surface area contributed by atoms with Gasteiger partial charge in [0.2, 0.25) is 0 Å². The molecule has 0 N–H and O–H groups in total. The first-order valence-electron chi connectivity index (χ1n) is 4.21. The molecule has 76 valence electrons. The molecule has 0 spiro atoms. The number of Topliss-reactive ketones (excluding diaryl/α,β-unsaturated/α-hetero) is 1. The Morgan fingerprint density at radius 3 is 2.80 bits per heavy atom.